The van der Waals surface area contributed by atoms with E-state index in [4.69, 9.17) is 0 Å². The number of nitrogens with zero attached hydrogens (tertiary/aromatic N) is 2. The van der Waals surface area contributed by atoms with Crippen molar-refractivity contribution in [3.05, 3.63) is 84.7 Å². The maximum atomic E-state index is 13.0. The number of halogens is 3. The molecule has 0 aliphatic rings. The van der Waals surface area contributed by atoms with Gasteiger partial charge in [0.2, 0.25) is 5.91 Å². The Morgan fingerprint density at radius 2 is 1.71 bits per heavy atom. The van der Waals surface area contributed by atoms with Gasteiger partial charge in [-0.3, -0.25) is 9.48 Å². The zero-order valence-electron chi connectivity index (χ0n) is 20.5. The Morgan fingerprint density at radius 1 is 1.00 bits per heavy atom. The molecular formula is C27H24F3N3O4S. The second kappa shape index (κ2) is 10.7. The van der Waals surface area contributed by atoms with Crippen LogP contribution in [0.3, 0.4) is 0 Å². The minimum absolute atomic E-state index is 0.00130. The smallest absolute Gasteiger partial charge is 0.405 e. The summed E-state index contributed by atoms with van der Waals surface area (Å²) in [7, 11) is -1.63. The minimum Gasteiger partial charge on any atom is -0.405 e. The molecule has 1 amide bonds. The summed E-state index contributed by atoms with van der Waals surface area (Å²) in [6.07, 6.45) is -1.58. The van der Waals surface area contributed by atoms with Gasteiger partial charge >= 0.3 is 6.36 Å². The Balaban J connectivity index is 1.63. The van der Waals surface area contributed by atoms with Crippen molar-refractivity contribution in [1.82, 2.24) is 9.78 Å². The first-order chi connectivity index (χ1) is 17.9. The van der Waals surface area contributed by atoms with E-state index in [-0.39, 0.29) is 34.3 Å². The molecule has 0 saturated heterocycles. The highest BCUT2D eigenvalue weighted by Gasteiger charge is 2.32. The van der Waals surface area contributed by atoms with Gasteiger partial charge in [-0.15, -0.1) is 13.2 Å². The number of amides is 1. The van der Waals surface area contributed by atoms with Crippen molar-refractivity contribution in [2.45, 2.75) is 24.6 Å². The van der Waals surface area contributed by atoms with Crippen molar-refractivity contribution in [3.63, 3.8) is 0 Å². The van der Waals surface area contributed by atoms with E-state index >= 15 is 0 Å². The van der Waals surface area contributed by atoms with Crippen LogP contribution in [0.1, 0.15) is 12.5 Å². The van der Waals surface area contributed by atoms with Gasteiger partial charge in [0.1, 0.15) is 5.75 Å². The molecule has 1 heterocycles. The first kappa shape index (κ1) is 26.9. The summed E-state index contributed by atoms with van der Waals surface area (Å²) in [6.45, 7) is 1.56. The predicted octanol–water partition coefficient (Wildman–Crippen LogP) is 5.63. The van der Waals surface area contributed by atoms with E-state index in [0.717, 1.165) is 0 Å². The number of benzene rings is 3. The number of aromatic nitrogens is 2. The molecule has 0 fully saturated rings. The highest BCUT2D eigenvalue weighted by molar-refractivity contribution is 7.91. The van der Waals surface area contributed by atoms with Crippen LogP contribution in [0, 0.1) is 0 Å². The number of anilines is 1. The Bertz CT molecular complexity index is 1560. The standard InChI is InChI=1S/C27H24F3N3O4S/c1-3-38(35,36)21-11-8-18(9-12-21)14-26(34)32-20-10-13-22(24(15-20)19-16-31-33(2)17-19)23-6-4-5-7-25(23)37-27(28,29)30/h4-13,15-17H,3,14H2,1-2H3,(H,32,34). The molecule has 1 aromatic heterocycles. The van der Waals surface area contributed by atoms with E-state index in [1.807, 2.05) is 0 Å². The van der Waals surface area contributed by atoms with Crippen LogP contribution >= 0.6 is 0 Å². The summed E-state index contributed by atoms with van der Waals surface area (Å²) in [5.74, 6) is -0.716. The third-order valence-corrected chi connectivity index (χ3v) is 7.50. The molecule has 0 atom stereocenters. The predicted molar refractivity (Wildman–Crippen MR) is 137 cm³/mol. The van der Waals surface area contributed by atoms with Crippen LogP contribution in [0.4, 0.5) is 18.9 Å². The molecule has 0 saturated carbocycles. The number of para-hydroxylation sites is 1. The molecule has 7 nitrogen and oxygen atoms in total. The van der Waals surface area contributed by atoms with Gasteiger partial charge in [-0.2, -0.15) is 5.10 Å². The topological polar surface area (TPSA) is 90.3 Å². The van der Waals surface area contributed by atoms with Gasteiger partial charge in [-0.25, -0.2) is 8.42 Å². The number of nitrogens with one attached hydrogen (secondary N) is 1. The lowest BCUT2D eigenvalue weighted by molar-refractivity contribution is -0.274. The maximum Gasteiger partial charge on any atom is 0.573 e. The van der Waals surface area contributed by atoms with E-state index in [0.29, 0.717) is 27.9 Å². The maximum absolute atomic E-state index is 13.0. The van der Waals surface area contributed by atoms with E-state index < -0.39 is 16.2 Å². The van der Waals surface area contributed by atoms with Gasteiger partial charge in [0.05, 0.1) is 23.3 Å². The number of hydrogen-bond acceptors (Lipinski definition) is 5. The third-order valence-electron chi connectivity index (χ3n) is 5.75. The van der Waals surface area contributed by atoms with Crippen molar-refractivity contribution in [2.75, 3.05) is 11.1 Å². The molecular weight excluding hydrogens is 519 g/mol. The second-order valence-electron chi connectivity index (χ2n) is 8.48. The average Bonchev–Trinajstić information content (AvgIpc) is 3.30. The molecule has 11 heteroatoms. The number of aryl methyl sites for hydroxylation is 1. The summed E-state index contributed by atoms with van der Waals surface area (Å²) in [5, 5.41) is 6.96. The zero-order valence-corrected chi connectivity index (χ0v) is 21.3. The summed E-state index contributed by atoms with van der Waals surface area (Å²) in [6, 6.07) is 16.8. The molecule has 0 spiro atoms. The van der Waals surface area contributed by atoms with Crippen molar-refractivity contribution < 1.29 is 31.1 Å². The number of ether oxygens (including phenoxy) is 1. The normalized spacial score (nSPS) is 11.8. The van der Waals surface area contributed by atoms with Crippen LogP contribution in [0.2, 0.25) is 0 Å². The Labute approximate surface area is 217 Å². The Morgan fingerprint density at radius 3 is 2.34 bits per heavy atom. The van der Waals surface area contributed by atoms with E-state index in [1.54, 1.807) is 67.4 Å². The van der Waals surface area contributed by atoms with Crippen LogP contribution in [0.15, 0.2) is 84.0 Å². The molecule has 0 aliphatic heterocycles. The Hall–Kier alpha value is -4.12. The SMILES string of the molecule is CCS(=O)(=O)c1ccc(CC(=O)Nc2ccc(-c3ccccc3OC(F)(F)F)c(-c3cnn(C)c3)c2)cc1. The molecule has 38 heavy (non-hydrogen) atoms. The van der Waals surface area contributed by atoms with Gasteiger partial charge in [0.25, 0.3) is 0 Å². The molecule has 1 N–H and O–H groups in total. The first-order valence-corrected chi connectivity index (χ1v) is 13.2. The molecule has 4 rings (SSSR count). The van der Waals surface area contributed by atoms with Gasteiger partial charge in [-0.05, 0) is 47.0 Å². The lowest BCUT2D eigenvalue weighted by Gasteiger charge is -2.16. The quantitative estimate of drug-likeness (QED) is 0.311. The molecule has 3 aromatic carbocycles. The monoisotopic (exact) mass is 543 g/mol. The molecule has 0 unspecified atom stereocenters. The van der Waals surface area contributed by atoms with E-state index in [1.165, 1.54) is 30.3 Å². The molecule has 0 bridgehead atoms. The van der Waals surface area contributed by atoms with Gasteiger partial charge in [0, 0.05) is 30.1 Å². The number of hydrogen-bond donors (Lipinski definition) is 1. The van der Waals surface area contributed by atoms with Crippen molar-refractivity contribution in [2.24, 2.45) is 7.05 Å². The second-order valence-corrected chi connectivity index (χ2v) is 10.8. The number of alkyl halides is 3. The largest absolute Gasteiger partial charge is 0.573 e. The number of sulfone groups is 1. The van der Waals surface area contributed by atoms with E-state index in [2.05, 4.69) is 15.2 Å². The number of rotatable bonds is 8. The summed E-state index contributed by atoms with van der Waals surface area (Å²) < 4.78 is 68.9. The zero-order chi connectivity index (χ0) is 27.5. The van der Waals surface area contributed by atoms with Gasteiger partial charge in [0.15, 0.2) is 9.84 Å². The third kappa shape index (κ3) is 6.41. The number of carbonyl (C=O) groups is 1. The lowest BCUT2D eigenvalue weighted by atomic mass is 9.95. The lowest BCUT2D eigenvalue weighted by Crippen LogP contribution is -2.17. The van der Waals surface area contributed by atoms with Crippen LogP contribution in [0.25, 0.3) is 22.3 Å². The summed E-state index contributed by atoms with van der Waals surface area (Å²) >= 11 is 0. The summed E-state index contributed by atoms with van der Waals surface area (Å²) in [5.41, 5.74) is 2.92. The highest BCUT2D eigenvalue weighted by Crippen LogP contribution is 2.40. The fourth-order valence-electron chi connectivity index (χ4n) is 3.93. The molecule has 4 aromatic rings. The van der Waals surface area contributed by atoms with Crippen LogP contribution in [0.5, 0.6) is 5.75 Å². The molecule has 0 radical (unpaired) electrons. The van der Waals surface area contributed by atoms with Crippen LogP contribution in [-0.2, 0) is 28.1 Å². The highest BCUT2D eigenvalue weighted by atomic mass is 32.2. The number of carbonyl (C=O) groups excluding carboxylic acids is 1. The fraction of sp³-hybridized carbons (Fsp3) is 0.185. The molecule has 198 valence electrons. The average molecular weight is 544 g/mol. The van der Waals surface area contributed by atoms with Crippen molar-refractivity contribution in [3.8, 4) is 28.0 Å². The summed E-state index contributed by atoms with van der Waals surface area (Å²) in [4.78, 5) is 12.9. The van der Waals surface area contributed by atoms with Crippen molar-refractivity contribution in [1.29, 1.82) is 0 Å². The first-order valence-electron chi connectivity index (χ1n) is 11.5. The van der Waals surface area contributed by atoms with Crippen LogP contribution in [-0.4, -0.2) is 36.2 Å². The Kier molecular flexibility index (Phi) is 7.58. The van der Waals surface area contributed by atoms with Gasteiger partial charge < -0.3 is 10.1 Å². The van der Waals surface area contributed by atoms with E-state index in [9.17, 15) is 26.4 Å². The minimum atomic E-state index is -4.86. The van der Waals surface area contributed by atoms with Crippen LogP contribution < -0.4 is 10.1 Å². The van der Waals surface area contributed by atoms with Gasteiger partial charge in [-0.1, -0.05) is 43.3 Å². The fourth-order valence-corrected chi connectivity index (χ4v) is 4.81. The van der Waals surface area contributed by atoms with Crippen molar-refractivity contribution >= 4 is 21.4 Å². The molecule has 0 aliphatic carbocycles.